The lowest BCUT2D eigenvalue weighted by molar-refractivity contribution is -0.142. The van der Waals surface area contributed by atoms with Crippen LogP contribution in [-0.2, 0) is 80.0 Å². The van der Waals surface area contributed by atoms with Gasteiger partial charge in [0.2, 0.25) is 82.7 Å². The average molecular weight is 1400 g/mol. The smallest absolute Gasteiger partial charge is 0.246 e. The maximum atomic E-state index is 15.0. The Morgan fingerprint density at radius 1 is 0.695 bits per heavy atom. The standard InChI is InChI=1S/C58H85N17O16S4/c1-28(2)15-36-52(85)72-41-25-95-93-24-40(50(83)63-20-45(79)66-37(16-30-8-10-32(76)11-9-30)53(86)67-34(51(84)68-36)7-5-6-14-59)71-55(88)42(73-57(90)47(29(3)4)74-46(80)21-62-49(82)35-12-13-44(78)65-35)26-94-92-23-39(48(60)81)70-56(89)43-18-33(77)22-75(43)58(91)38(69-54(41)87)17-31-19-61-27-64-31/h8-11,19,27-29,33-43,47,76-77H,5-7,12-18,20-26,59H2,1-4H3,(H2,60,81)(H,61,64)(H,62,82)(H,63,83)(H,65,78)(H,66,79)(H,67,86)(H,68,84)(H,69,87)(H,70,89)(H,71,88)(H,72,85)(H,73,90)(H,74,80)/t33-,34+,35+,36+,37+,38-,39+,40+,41+,42+,43+,47+/m1/s1. The molecule has 4 aliphatic heterocycles. The number of rotatable bonds is 18. The Hall–Kier alpha value is -7.87. The molecular formula is C58H85N17O16S4. The number of unbranched alkanes of at least 4 members (excludes halogenated alkanes) is 1. The molecular weight excluding hydrogens is 1320 g/mol. The first-order valence-corrected chi connectivity index (χ1v) is 36.0. The van der Waals surface area contributed by atoms with Crippen molar-refractivity contribution in [3.8, 4) is 5.75 Å². The topological polar surface area (TPSA) is 508 Å². The molecule has 1 aromatic heterocycles. The molecule has 0 radical (unpaired) electrons. The third-order valence-electron chi connectivity index (χ3n) is 15.5. The third-order valence-corrected chi connectivity index (χ3v) is 20.3. The number of phenolic OH excluding ortho intramolecular Hbond substituents is 1. The van der Waals surface area contributed by atoms with Crippen LogP contribution >= 0.6 is 43.2 Å². The van der Waals surface area contributed by atoms with Crippen molar-refractivity contribution in [1.29, 1.82) is 0 Å². The number of fused-ring (bicyclic) bond motifs is 6. The van der Waals surface area contributed by atoms with E-state index in [1.54, 1.807) is 27.7 Å². The van der Waals surface area contributed by atoms with Gasteiger partial charge >= 0.3 is 0 Å². The Morgan fingerprint density at radius 3 is 1.98 bits per heavy atom. The predicted octanol–water partition coefficient (Wildman–Crippen LogP) is -5.16. The van der Waals surface area contributed by atoms with Crippen LogP contribution in [0.15, 0.2) is 36.8 Å². The van der Waals surface area contributed by atoms with Crippen molar-refractivity contribution in [3.05, 3.63) is 48.0 Å². The van der Waals surface area contributed by atoms with E-state index in [1.165, 1.54) is 36.8 Å². The fraction of sp³-hybridized carbons (Fsp3) is 0.603. The minimum absolute atomic E-state index is 0.00266. The molecule has 2 aromatic rings. The number of hydrogen-bond acceptors (Lipinski definition) is 22. The molecule has 5 heterocycles. The molecule has 2 bridgehead atoms. The monoisotopic (exact) mass is 1400 g/mol. The van der Waals surface area contributed by atoms with Crippen LogP contribution in [0.5, 0.6) is 5.75 Å². The zero-order valence-electron chi connectivity index (χ0n) is 52.9. The first kappa shape index (κ1) is 76.2. The van der Waals surface area contributed by atoms with E-state index in [2.05, 4.69) is 73.8 Å². The van der Waals surface area contributed by atoms with Crippen LogP contribution in [0.3, 0.4) is 0 Å². The third kappa shape index (κ3) is 24.1. The largest absolute Gasteiger partial charge is 0.508 e. The maximum Gasteiger partial charge on any atom is 0.246 e. The van der Waals surface area contributed by atoms with E-state index in [1.807, 2.05) is 0 Å². The molecule has 0 aliphatic carbocycles. The van der Waals surface area contributed by atoms with E-state index in [0.29, 0.717) is 24.1 Å². The van der Waals surface area contributed by atoms with E-state index in [9.17, 15) is 77.3 Å². The summed E-state index contributed by atoms with van der Waals surface area (Å²) in [5, 5.41) is 52.3. The van der Waals surface area contributed by atoms with Gasteiger partial charge in [-0.15, -0.1) is 0 Å². The first-order valence-electron chi connectivity index (χ1n) is 31.0. The van der Waals surface area contributed by atoms with Gasteiger partial charge in [-0.1, -0.05) is 83.0 Å². The van der Waals surface area contributed by atoms with Gasteiger partial charge < -0.3 is 95.4 Å². The van der Waals surface area contributed by atoms with Gasteiger partial charge in [0.05, 0.1) is 25.5 Å². The molecule has 12 atom stereocenters. The summed E-state index contributed by atoms with van der Waals surface area (Å²) in [6.45, 7) is 5.14. The van der Waals surface area contributed by atoms with Gasteiger partial charge in [-0.3, -0.25) is 67.1 Å². The summed E-state index contributed by atoms with van der Waals surface area (Å²) in [6.07, 6.45) is 1.71. The second-order valence-corrected chi connectivity index (χ2v) is 29.0. The van der Waals surface area contributed by atoms with Crippen molar-refractivity contribution >= 4 is 126 Å². The predicted molar refractivity (Wildman–Crippen MR) is 351 cm³/mol. The highest BCUT2D eigenvalue weighted by Gasteiger charge is 2.44. The lowest BCUT2D eigenvalue weighted by Gasteiger charge is -2.31. The van der Waals surface area contributed by atoms with E-state index in [4.69, 9.17) is 11.5 Å². The molecule has 33 nitrogen and oxygen atoms in total. The van der Waals surface area contributed by atoms with E-state index < -0.39 is 175 Å². The fourth-order valence-corrected chi connectivity index (χ4v) is 15.0. The van der Waals surface area contributed by atoms with Crippen LogP contribution in [0.25, 0.3) is 0 Å². The van der Waals surface area contributed by atoms with Crippen LogP contribution < -0.4 is 75.3 Å². The van der Waals surface area contributed by atoms with Crippen molar-refractivity contribution in [3.63, 3.8) is 0 Å². The van der Waals surface area contributed by atoms with E-state index in [-0.39, 0.29) is 92.1 Å². The fourth-order valence-electron chi connectivity index (χ4n) is 10.4. The number of aromatic nitrogens is 2. The highest BCUT2D eigenvalue weighted by Crippen LogP contribution is 2.27. The number of H-pyrrole nitrogens is 1. The second-order valence-electron chi connectivity index (χ2n) is 23.9. The number of aromatic hydroxyl groups is 1. The number of aromatic amines is 1. The number of benzene rings is 1. The van der Waals surface area contributed by atoms with Crippen LogP contribution in [0, 0.1) is 11.8 Å². The number of primary amides is 1. The molecule has 37 heteroatoms. The number of hydrogen-bond donors (Lipinski definition) is 17. The SMILES string of the molecule is CC(C)C[C@@H]1NC(=O)[C@H](CCCCN)NC(=O)[C@H](Cc2ccc(O)cc2)NC(=O)CNC(=O)[C@@H]2CSSC[C@H](NC1=O)C(=O)N[C@H](Cc1cnc[nH]1)C(=O)N1C[C@H](O)C[C@H]1C(=O)N[C@H](C(N)=O)CSSC[C@H](NC(=O)[C@@H](NC(=O)CNC(=O)[C@@H]1CCC(=O)N1)C(C)C)C(=O)N2. The van der Waals surface area contributed by atoms with Crippen LogP contribution in [0.4, 0.5) is 0 Å². The van der Waals surface area contributed by atoms with Gasteiger partial charge in [0, 0.05) is 67.1 Å². The summed E-state index contributed by atoms with van der Waals surface area (Å²) >= 11 is 0. The molecule has 4 saturated heterocycles. The minimum Gasteiger partial charge on any atom is -0.508 e. The van der Waals surface area contributed by atoms with Gasteiger partial charge in [0.1, 0.15) is 72.2 Å². The summed E-state index contributed by atoms with van der Waals surface area (Å²) < 4.78 is 0. The van der Waals surface area contributed by atoms with Crippen LogP contribution in [-0.4, -0.2) is 230 Å². The van der Waals surface area contributed by atoms with Gasteiger partial charge in [0.25, 0.3) is 0 Å². The van der Waals surface area contributed by atoms with Crippen molar-refractivity contribution in [2.24, 2.45) is 23.3 Å². The normalized spacial score (nSPS) is 26.4. The molecule has 0 spiro atoms. The average Bonchev–Trinajstić information content (AvgIpc) is 1.71. The van der Waals surface area contributed by atoms with Gasteiger partial charge in [-0.05, 0) is 68.2 Å². The van der Waals surface area contributed by atoms with E-state index in [0.717, 1.165) is 48.1 Å². The van der Waals surface area contributed by atoms with Gasteiger partial charge in [-0.2, -0.15) is 0 Å². The van der Waals surface area contributed by atoms with Crippen molar-refractivity contribution in [1.82, 2.24) is 78.7 Å². The number of aliphatic hydroxyl groups excluding tert-OH is 1. The molecule has 6 rings (SSSR count). The number of nitrogens with zero attached hydrogens (tertiary/aromatic N) is 2. The summed E-state index contributed by atoms with van der Waals surface area (Å²) in [7, 11) is 3.66. The summed E-state index contributed by atoms with van der Waals surface area (Å²) in [4.78, 5) is 204. The Kier molecular flexibility index (Phi) is 30.0. The van der Waals surface area contributed by atoms with Crippen molar-refractivity contribution < 1.29 is 77.3 Å². The number of carbonyl (C=O) groups excluding carboxylic acids is 14. The molecule has 0 saturated carbocycles. The Morgan fingerprint density at radius 2 is 1.34 bits per heavy atom. The summed E-state index contributed by atoms with van der Waals surface area (Å²) in [6, 6.07) is -9.86. The summed E-state index contributed by atoms with van der Waals surface area (Å²) in [5.41, 5.74) is 12.4. The summed E-state index contributed by atoms with van der Waals surface area (Å²) in [5.74, 6) is -14.3. The van der Waals surface area contributed by atoms with Gasteiger partial charge in [-0.25, -0.2) is 4.98 Å². The van der Waals surface area contributed by atoms with Crippen LogP contribution in [0.2, 0.25) is 0 Å². The molecule has 1 aromatic carbocycles. The number of phenols is 1. The molecule has 4 fully saturated rings. The number of carbonyl (C=O) groups is 14. The highest BCUT2D eigenvalue weighted by molar-refractivity contribution is 8.77. The molecule has 95 heavy (non-hydrogen) atoms. The number of amides is 14. The highest BCUT2D eigenvalue weighted by atomic mass is 33.1. The Balaban J connectivity index is 1.41. The number of nitrogens with two attached hydrogens (primary N) is 2. The molecule has 522 valence electrons. The van der Waals surface area contributed by atoms with Crippen molar-refractivity contribution in [2.75, 3.05) is 49.2 Å². The number of nitrogens with one attached hydrogen (secondary N) is 13. The molecule has 4 aliphatic rings. The van der Waals surface area contributed by atoms with E-state index >= 15 is 0 Å². The number of imidazole rings is 1. The molecule has 14 amide bonds. The zero-order valence-corrected chi connectivity index (χ0v) is 56.1. The Labute approximate surface area is 563 Å². The van der Waals surface area contributed by atoms with Gasteiger partial charge in [0.15, 0.2) is 0 Å². The van der Waals surface area contributed by atoms with Crippen molar-refractivity contribution in [2.45, 2.75) is 158 Å². The second kappa shape index (κ2) is 37.4. The maximum absolute atomic E-state index is 15.0. The lowest BCUT2D eigenvalue weighted by atomic mass is 10.0. The van der Waals surface area contributed by atoms with Crippen LogP contribution in [0.1, 0.15) is 83.9 Å². The first-order chi connectivity index (χ1) is 45.2. The Bertz CT molecular complexity index is 3080. The number of aliphatic hydroxyl groups is 1. The molecule has 19 N–H and O–H groups in total. The minimum atomic E-state index is -1.60. The lowest BCUT2D eigenvalue weighted by Crippen LogP contribution is -2.61. The quantitative estimate of drug-likeness (QED) is 0.0490. The molecule has 0 unspecified atom stereocenters. The zero-order chi connectivity index (χ0) is 69.5.